The average Bonchev–Trinajstić information content (AvgIpc) is 2.93. The number of nitrogens with one attached hydrogen (secondary N) is 1. The highest BCUT2D eigenvalue weighted by Gasteiger charge is 2.23. The SMILES string of the molecule is Cc1cccc(OCCN(C)C(=O)c2sc(NC(=O)C(C)(C)C)cc2C)c1. The fourth-order valence-corrected chi connectivity index (χ4v) is 3.40. The van der Waals surface area contributed by atoms with Crippen molar-refractivity contribution in [2.75, 3.05) is 25.5 Å². The lowest BCUT2D eigenvalue weighted by Gasteiger charge is -2.17. The summed E-state index contributed by atoms with van der Waals surface area (Å²) in [5.74, 6) is 0.666. The third-order valence-corrected chi connectivity index (χ3v) is 5.20. The Kier molecular flexibility index (Phi) is 6.65. The van der Waals surface area contributed by atoms with Crippen molar-refractivity contribution >= 4 is 28.2 Å². The first kappa shape index (κ1) is 21.0. The van der Waals surface area contributed by atoms with Crippen LogP contribution in [0.3, 0.4) is 0 Å². The lowest BCUT2D eigenvalue weighted by Crippen LogP contribution is -2.30. The zero-order valence-electron chi connectivity index (χ0n) is 16.9. The van der Waals surface area contributed by atoms with Crippen LogP contribution >= 0.6 is 11.3 Å². The molecule has 1 heterocycles. The minimum atomic E-state index is -0.480. The number of hydrogen-bond donors (Lipinski definition) is 1. The molecule has 2 amide bonds. The molecule has 0 unspecified atom stereocenters. The molecule has 0 fully saturated rings. The molecule has 0 bridgehead atoms. The van der Waals surface area contributed by atoms with Crippen LogP contribution in [-0.2, 0) is 4.79 Å². The summed E-state index contributed by atoms with van der Waals surface area (Å²) in [4.78, 5) is 27.1. The Morgan fingerprint density at radius 3 is 2.52 bits per heavy atom. The monoisotopic (exact) mass is 388 g/mol. The van der Waals surface area contributed by atoms with Crippen molar-refractivity contribution in [2.24, 2.45) is 5.41 Å². The molecule has 1 aromatic carbocycles. The zero-order chi connectivity index (χ0) is 20.2. The summed E-state index contributed by atoms with van der Waals surface area (Å²) in [6, 6.07) is 9.68. The molecular formula is C21H28N2O3S. The number of rotatable bonds is 6. The van der Waals surface area contributed by atoms with Gasteiger partial charge in [0.25, 0.3) is 5.91 Å². The second kappa shape index (κ2) is 8.57. The molecule has 0 radical (unpaired) electrons. The molecule has 0 aliphatic rings. The average molecular weight is 389 g/mol. The third-order valence-electron chi connectivity index (χ3n) is 4.06. The van der Waals surface area contributed by atoms with Crippen molar-refractivity contribution in [3.8, 4) is 5.75 Å². The van der Waals surface area contributed by atoms with E-state index in [0.717, 1.165) is 16.9 Å². The van der Waals surface area contributed by atoms with Gasteiger partial charge in [0.05, 0.1) is 16.4 Å². The lowest BCUT2D eigenvalue weighted by atomic mass is 9.96. The van der Waals surface area contributed by atoms with Crippen LogP contribution in [0.15, 0.2) is 30.3 Å². The number of ether oxygens (including phenoxy) is 1. The van der Waals surface area contributed by atoms with Crippen molar-refractivity contribution in [1.82, 2.24) is 4.90 Å². The quantitative estimate of drug-likeness (QED) is 0.793. The molecule has 27 heavy (non-hydrogen) atoms. The number of likely N-dealkylation sites (N-methyl/N-ethyl adjacent to an activating group) is 1. The van der Waals surface area contributed by atoms with Crippen molar-refractivity contribution in [3.63, 3.8) is 0 Å². The summed E-state index contributed by atoms with van der Waals surface area (Å²) in [7, 11) is 1.76. The molecule has 5 nitrogen and oxygen atoms in total. The fourth-order valence-electron chi connectivity index (χ4n) is 2.34. The van der Waals surface area contributed by atoms with E-state index in [1.54, 1.807) is 11.9 Å². The van der Waals surface area contributed by atoms with Gasteiger partial charge in [-0.15, -0.1) is 11.3 Å². The number of carbonyl (C=O) groups excluding carboxylic acids is 2. The summed E-state index contributed by atoms with van der Waals surface area (Å²) < 4.78 is 5.72. The van der Waals surface area contributed by atoms with Crippen LogP contribution in [0, 0.1) is 19.3 Å². The first-order valence-corrected chi connectivity index (χ1v) is 9.76. The maximum Gasteiger partial charge on any atom is 0.264 e. The second-order valence-corrected chi connectivity index (χ2v) is 8.77. The third kappa shape index (κ3) is 5.82. The van der Waals surface area contributed by atoms with Crippen molar-refractivity contribution in [2.45, 2.75) is 34.6 Å². The summed E-state index contributed by atoms with van der Waals surface area (Å²) in [5, 5.41) is 3.59. The number of benzene rings is 1. The minimum Gasteiger partial charge on any atom is -0.492 e. The van der Waals surface area contributed by atoms with Gasteiger partial charge in [-0.05, 0) is 43.2 Å². The van der Waals surface area contributed by atoms with E-state index >= 15 is 0 Å². The Morgan fingerprint density at radius 2 is 1.89 bits per heavy atom. The number of anilines is 1. The number of hydrogen-bond acceptors (Lipinski definition) is 4. The normalized spacial score (nSPS) is 11.2. The lowest BCUT2D eigenvalue weighted by molar-refractivity contribution is -0.123. The van der Waals surface area contributed by atoms with E-state index in [4.69, 9.17) is 4.74 Å². The number of carbonyl (C=O) groups is 2. The van der Waals surface area contributed by atoms with Gasteiger partial charge in [0, 0.05) is 12.5 Å². The second-order valence-electron chi connectivity index (χ2n) is 7.72. The molecule has 0 saturated carbocycles. The minimum absolute atomic E-state index is 0.0670. The highest BCUT2D eigenvalue weighted by molar-refractivity contribution is 7.18. The van der Waals surface area contributed by atoms with Crippen LogP contribution in [0.4, 0.5) is 5.00 Å². The van der Waals surface area contributed by atoms with Gasteiger partial charge in [0.15, 0.2) is 0 Å². The van der Waals surface area contributed by atoms with Crippen molar-refractivity contribution in [1.29, 1.82) is 0 Å². The van der Waals surface area contributed by atoms with Crippen molar-refractivity contribution < 1.29 is 14.3 Å². The van der Waals surface area contributed by atoms with Gasteiger partial charge >= 0.3 is 0 Å². The van der Waals surface area contributed by atoms with Crippen LogP contribution in [0.2, 0.25) is 0 Å². The van der Waals surface area contributed by atoms with Gasteiger partial charge in [-0.25, -0.2) is 0 Å². The summed E-state index contributed by atoms with van der Waals surface area (Å²) >= 11 is 1.31. The van der Waals surface area contributed by atoms with Gasteiger partial charge < -0.3 is 15.0 Å². The number of thiophene rings is 1. The molecule has 0 atom stereocenters. The predicted molar refractivity (Wildman–Crippen MR) is 111 cm³/mol. The Bertz CT molecular complexity index is 821. The van der Waals surface area contributed by atoms with Gasteiger partial charge in [0.1, 0.15) is 12.4 Å². The van der Waals surface area contributed by atoms with E-state index < -0.39 is 5.41 Å². The molecule has 0 spiro atoms. The Morgan fingerprint density at radius 1 is 1.19 bits per heavy atom. The van der Waals surface area contributed by atoms with Gasteiger partial charge in [-0.2, -0.15) is 0 Å². The van der Waals surface area contributed by atoms with Gasteiger partial charge in [-0.3, -0.25) is 9.59 Å². The molecule has 1 N–H and O–H groups in total. The largest absolute Gasteiger partial charge is 0.492 e. The molecule has 0 aliphatic heterocycles. The molecule has 1 aromatic heterocycles. The van der Waals surface area contributed by atoms with E-state index in [0.29, 0.717) is 23.0 Å². The topological polar surface area (TPSA) is 58.6 Å². The zero-order valence-corrected chi connectivity index (χ0v) is 17.7. The first-order valence-electron chi connectivity index (χ1n) is 8.95. The van der Waals surface area contributed by atoms with E-state index in [2.05, 4.69) is 5.32 Å². The molecule has 2 aromatic rings. The number of amides is 2. The Hall–Kier alpha value is -2.34. The molecule has 6 heteroatoms. The van der Waals surface area contributed by atoms with Crippen molar-refractivity contribution in [3.05, 3.63) is 46.3 Å². The molecule has 2 rings (SSSR count). The van der Waals surface area contributed by atoms with E-state index in [-0.39, 0.29) is 11.8 Å². The first-order chi connectivity index (χ1) is 12.6. The van der Waals surface area contributed by atoms with Crippen LogP contribution < -0.4 is 10.1 Å². The smallest absolute Gasteiger partial charge is 0.264 e. The van der Waals surface area contributed by atoms with Crippen LogP contribution in [-0.4, -0.2) is 36.9 Å². The van der Waals surface area contributed by atoms with Crippen LogP contribution in [0.5, 0.6) is 5.75 Å². The molecular weight excluding hydrogens is 360 g/mol. The maximum absolute atomic E-state index is 12.7. The molecule has 0 saturated heterocycles. The van der Waals surface area contributed by atoms with Crippen LogP contribution in [0.1, 0.15) is 41.6 Å². The highest BCUT2D eigenvalue weighted by Crippen LogP contribution is 2.29. The van der Waals surface area contributed by atoms with Gasteiger partial charge in [-0.1, -0.05) is 32.9 Å². The fraction of sp³-hybridized carbons (Fsp3) is 0.429. The Labute approximate surface area is 165 Å². The molecule has 146 valence electrons. The number of nitrogens with zero attached hydrogens (tertiary/aromatic N) is 1. The highest BCUT2D eigenvalue weighted by atomic mass is 32.1. The predicted octanol–water partition coefficient (Wildman–Crippen LogP) is 4.50. The van der Waals surface area contributed by atoms with E-state index in [9.17, 15) is 9.59 Å². The summed E-state index contributed by atoms with van der Waals surface area (Å²) in [5.41, 5.74) is 1.52. The Balaban J connectivity index is 1.95. The van der Waals surface area contributed by atoms with E-state index in [1.165, 1.54) is 11.3 Å². The summed E-state index contributed by atoms with van der Waals surface area (Å²) in [6.45, 7) is 10.4. The van der Waals surface area contributed by atoms with E-state index in [1.807, 2.05) is 65.0 Å². The number of aryl methyl sites for hydroxylation is 2. The van der Waals surface area contributed by atoms with Crippen LogP contribution in [0.25, 0.3) is 0 Å². The summed E-state index contributed by atoms with van der Waals surface area (Å²) in [6.07, 6.45) is 0. The maximum atomic E-state index is 12.7. The standard InChI is InChI=1S/C21H28N2O3S/c1-14-8-7-9-16(12-14)26-11-10-23(6)19(24)18-15(2)13-17(27-18)22-20(25)21(3,4)5/h7-9,12-13H,10-11H2,1-6H3,(H,22,25). The van der Waals surface area contributed by atoms with Gasteiger partial charge in [0.2, 0.25) is 5.91 Å². The molecule has 0 aliphatic carbocycles.